The number of aliphatic hydroxyl groups is 5. The minimum absolute atomic E-state index is 0.0603. The fourth-order valence-corrected chi connectivity index (χ4v) is 8.63. The summed E-state index contributed by atoms with van der Waals surface area (Å²) in [4.78, 5) is 25.6. The SMILES string of the molecule is CC1=C(CO)C[C@H]([C@](C)(O)[C@]2(O)CC[C@@]3(O)[C@@H]4C[C@@H](O)C5=CC=CC(=O)[C@]5(C)[C@@H]4CC[C@]23C)OC1=O. The van der Waals surface area contributed by atoms with Crippen molar-refractivity contribution in [3.05, 3.63) is 34.9 Å². The van der Waals surface area contributed by atoms with Crippen molar-refractivity contribution < 1.29 is 39.9 Å². The number of aliphatic hydroxyl groups excluding tert-OH is 2. The van der Waals surface area contributed by atoms with E-state index in [0.717, 1.165) is 0 Å². The lowest BCUT2D eigenvalue weighted by molar-refractivity contribution is -0.282. The standard InChI is InChI=1S/C28H38O8/c1-15-16(14-29)12-22(36-23(15)32)26(4,33)28(35)11-10-27(34)19-13-20(30)18-6-5-7-21(31)25(18,3)17(19)8-9-24(27,28)2/h5-7,17,19-20,22,29-30,33-35H,8-14H2,1-4H3/t17-,19-,20-,22-,24+,25-,26+,27-,28+/m1/s1. The average Bonchev–Trinajstić information content (AvgIpc) is 3.05. The van der Waals surface area contributed by atoms with Gasteiger partial charge in [0.25, 0.3) is 0 Å². The second kappa shape index (κ2) is 7.84. The van der Waals surface area contributed by atoms with Crippen molar-refractivity contribution >= 4 is 11.8 Å². The monoisotopic (exact) mass is 502 g/mol. The van der Waals surface area contributed by atoms with Gasteiger partial charge in [-0.2, -0.15) is 0 Å². The maximum atomic E-state index is 13.2. The third kappa shape index (κ3) is 2.88. The summed E-state index contributed by atoms with van der Waals surface area (Å²) in [5.74, 6) is -1.44. The van der Waals surface area contributed by atoms with Crippen LogP contribution in [-0.2, 0) is 14.3 Å². The molecule has 9 atom stereocenters. The maximum absolute atomic E-state index is 13.2. The Morgan fingerprint density at radius 2 is 1.83 bits per heavy atom. The number of hydrogen-bond acceptors (Lipinski definition) is 8. The Bertz CT molecular complexity index is 1100. The molecule has 5 rings (SSSR count). The topological polar surface area (TPSA) is 145 Å². The van der Waals surface area contributed by atoms with Gasteiger partial charge in [0.05, 0.1) is 23.7 Å². The Morgan fingerprint density at radius 3 is 2.50 bits per heavy atom. The zero-order valence-corrected chi connectivity index (χ0v) is 21.5. The Hall–Kier alpha value is -1.84. The molecule has 4 aliphatic carbocycles. The van der Waals surface area contributed by atoms with Crippen LogP contribution in [0.25, 0.3) is 0 Å². The van der Waals surface area contributed by atoms with Crippen molar-refractivity contribution in [2.45, 2.75) is 95.2 Å². The van der Waals surface area contributed by atoms with E-state index in [0.29, 0.717) is 29.6 Å². The fraction of sp³-hybridized carbons (Fsp3) is 0.714. The molecular weight excluding hydrogens is 464 g/mol. The summed E-state index contributed by atoms with van der Waals surface area (Å²) < 4.78 is 5.56. The van der Waals surface area contributed by atoms with Crippen molar-refractivity contribution in [1.29, 1.82) is 0 Å². The van der Waals surface area contributed by atoms with Crippen molar-refractivity contribution in [3.8, 4) is 0 Å². The normalized spacial score (nSPS) is 48.0. The van der Waals surface area contributed by atoms with Gasteiger partial charge in [-0.3, -0.25) is 4.79 Å². The second-order valence-corrected chi connectivity index (χ2v) is 12.3. The van der Waals surface area contributed by atoms with Crippen LogP contribution < -0.4 is 0 Å². The summed E-state index contributed by atoms with van der Waals surface area (Å²) in [5.41, 5.74) is -5.92. The number of esters is 1. The molecule has 0 aromatic rings. The van der Waals surface area contributed by atoms with Gasteiger partial charge in [-0.1, -0.05) is 19.1 Å². The van der Waals surface area contributed by atoms with E-state index in [4.69, 9.17) is 4.74 Å². The van der Waals surface area contributed by atoms with Crippen LogP contribution in [0.5, 0.6) is 0 Å². The lowest BCUT2D eigenvalue weighted by atomic mass is 9.43. The van der Waals surface area contributed by atoms with Gasteiger partial charge >= 0.3 is 5.97 Å². The Morgan fingerprint density at radius 1 is 1.14 bits per heavy atom. The molecule has 0 unspecified atom stereocenters. The number of hydrogen-bond donors (Lipinski definition) is 5. The number of carbonyl (C=O) groups excluding carboxylic acids is 2. The molecule has 3 fully saturated rings. The van der Waals surface area contributed by atoms with E-state index in [2.05, 4.69) is 0 Å². The number of allylic oxidation sites excluding steroid dienone is 3. The molecule has 0 aromatic carbocycles. The molecule has 3 saturated carbocycles. The predicted molar refractivity (Wildman–Crippen MR) is 129 cm³/mol. The second-order valence-electron chi connectivity index (χ2n) is 12.3. The van der Waals surface area contributed by atoms with Gasteiger partial charge in [0, 0.05) is 17.4 Å². The summed E-state index contributed by atoms with van der Waals surface area (Å²) in [5, 5.41) is 57.4. The Balaban J connectivity index is 1.54. The number of ketones is 1. The highest BCUT2D eigenvalue weighted by atomic mass is 16.6. The van der Waals surface area contributed by atoms with E-state index < -0.39 is 51.7 Å². The van der Waals surface area contributed by atoms with Crippen LogP contribution in [0.4, 0.5) is 0 Å². The average molecular weight is 503 g/mol. The van der Waals surface area contributed by atoms with Crippen molar-refractivity contribution in [1.82, 2.24) is 0 Å². The van der Waals surface area contributed by atoms with Crippen LogP contribution >= 0.6 is 0 Å². The van der Waals surface area contributed by atoms with Gasteiger partial charge in [-0.15, -0.1) is 0 Å². The van der Waals surface area contributed by atoms with Crippen LogP contribution in [0.2, 0.25) is 0 Å². The van der Waals surface area contributed by atoms with Gasteiger partial charge < -0.3 is 30.3 Å². The Labute approximate surface area is 211 Å². The summed E-state index contributed by atoms with van der Waals surface area (Å²) in [7, 11) is 0. The molecule has 0 spiro atoms. The lowest BCUT2D eigenvalue weighted by Crippen LogP contribution is -2.72. The molecule has 5 aliphatic rings. The first-order chi connectivity index (χ1) is 16.7. The van der Waals surface area contributed by atoms with Gasteiger partial charge in [0.2, 0.25) is 0 Å². The van der Waals surface area contributed by atoms with Gasteiger partial charge in [-0.05, 0) is 81.9 Å². The van der Waals surface area contributed by atoms with Crippen molar-refractivity contribution in [2.75, 3.05) is 6.61 Å². The highest BCUT2D eigenvalue weighted by Crippen LogP contribution is 2.70. The zero-order valence-electron chi connectivity index (χ0n) is 21.5. The lowest BCUT2D eigenvalue weighted by Gasteiger charge is -2.64. The molecule has 0 radical (unpaired) electrons. The van der Waals surface area contributed by atoms with E-state index in [-0.39, 0.29) is 44.0 Å². The van der Waals surface area contributed by atoms with Crippen LogP contribution in [-0.4, -0.2) is 72.9 Å². The summed E-state index contributed by atoms with van der Waals surface area (Å²) in [6, 6.07) is 0. The zero-order chi connectivity index (χ0) is 26.5. The van der Waals surface area contributed by atoms with Gasteiger partial charge in [-0.25, -0.2) is 4.79 Å². The molecule has 0 saturated heterocycles. The van der Waals surface area contributed by atoms with Gasteiger partial charge in [0.1, 0.15) is 17.3 Å². The van der Waals surface area contributed by atoms with E-state index in [1.54, 1.807) is 19.9 Å². The fourth-order valence-electron chi connectivity index (χ4n) is 8.63. The molecule has 198 valence electrons. The summed E-state index contributed by atoms with van der Waals surface area (Å²) >= 11 is 0. The molecule has 36 heavy (non-hydrogen) atoms. The minimum atomic E-state index is -1.93. The molecule has 8 heteroatoms. The van der Waals surface area contributed by atoms with E-state index >= 15 is 0 Å². The number of rotatable bonds is 3. The number of carbonyl (C=O) groups is 2. The van der Waals surface area contributed by atoms with Gasteiger partial charge in [0.15, 0.2) is 5.78 Å². The quantitative estimate of drug-likeness (QED) is 0.365. The molecule has 0 bridgehead atoms. The molecule has 0 amide bonds. The Kier molecular flexibility index (Phi) is 5.61. The van der Waals surface area contributed by atoms with Crippen LogP contribution in [0.3, 0.4) is 0 Å². The predicted octanol–water partition coefficient (Wildman–Crippen LogP) is 1.49. The third-order valence-corrected chi connectivity index (χ3v) is 11.2. The minimum Gasteiger partial charge on any atom is -0.455 e. The van der Waals surface area contributed by atoms with E-state index in [1.165, 1.54) is 13.0 Å². The number of ether oxygens (including phenoxy) is 1. The van der Waals surface area contributed by atoms with Crippen molar-refractivity contribution in [3.63, 3.8) is 0 Å². The largest absolute Gasteiger partial charge is 0.455 e. The first-order valence-electron chi connectivity index (χ1n) is 13.0. The highest BCUT2D eigenvalue weighted by Gasteiger charge is 2.77. The smallest absolute Gasteiger partial charge is 0.334 e. The molecule has 1 heterocycles. The van der Waals surface area contributed by atoms with E-state index in [1.807, 2.05) is 13.0 Å². The van der Waals surface area contributed by atoms with Crippen molar-refractivity contribution in [2.24, 2.45) is 22.7 Å². The highest BCUT2D eigenvalue weighted by molar-refractivity contribution is 5.99. The summed E-state index contributed by atoms with van der Waals surface area (Å²) in [6.07, 6.45) is 4.43. The summed E-state index contributed by atoms with van der Waals surface area (Å²) in [6.45, 7) is 6.26. The molecule has 0 aromatic heterocycles. The van der Waals surface area contributed by atoms with Crippen LogP contribution in [0.15, 0.2) is 34.9 Å². The molecule has 5 N–H and O–H groups in total. The number of fused-ring (bicyclic) bond motifs is 5. The van der Waals surface area contributed by atoms with Crippen LogP contribution in [0, 0.1) is 22.7 Å². The molecular formula is C28H38O8. The first kappa shape index (κ1) is 25.8. The number of cyclic esters (lactones) is 1. The molecule has 1 aliphatic heterocycles. The van der Waals surface area contributed by atoms with Crippen LogP contribution in [0.1, 0.15) is 66.2 Å². The molecule has 8 nitrogen and oxygen atoms in total. The first-order valence-corrected chi connectivity index (χ1v) is 13.0. The van der Waals surface area contributed by atoms with E-state index in [9.17, 15) is 35.1 Å². The third-order valence-electron chi connectivity index (χ3n) is 11.2. The maximum Gasteiger partial charge on any atom is 0.334 e.